The zero-order chi connectivity index (χ0) is 16.4. The van der Waals surface area contributed by atoms with E-state index in [4.69, 9.17) is 27.9 Å². The van der Waals surface area contributed by atoms with Crippen molar-refractivity contribution in [1.29, 1.82) is 0 Å². The van der Waals surface area contributed by atoms with Crippen molar-refractivity contribution in [3.63, 3.8) is 0 Å². The molecule has 8 heteroatoms. The molecule has 0 radical (unpaired) electrons. The number of ether oxygens (including phenoxy) is 1. The van der Waals surface area contributed by atoms with E-state index in [9.17, 15) is 4.79 Å². The van der Waals surface area contributed by atoms with E-state index < -0.39 is 0 Å². The summed E-state index contributed by atoms with van der Waals surface area (Å²) in [6.45, 7) is -0.128. The number of benzene rings is 2. The first kappa shape index (κ1) is 16.5. The number of aromatic nitrogens is 1. The lowest BCUT2D eigenvalue weighted by Crippen LogP contribution is -2.20. The number of thiazole rings is 1. The van der Waals surface area contributed by atoms with Gasteiger partial charge in [-0.3, -0.25) is 10.1 Å². The van der Waals surface area contributed by atoms with Gasteiger partial charge in [0.05, 0.1) is 14.7 Å². The van der Waals surface area contributed by atoms with Crippen LogP contribution in [0, 0.1) is 0 Å². The highest BCUT2D eigenvalue weighted by Gasteiger charge is 2.10. The zero-order valence-electron chi connectivity index (χ0n) is 11.5. The Labute approximate surface area is 154 Å². The van der Waals surface area contributed by atoms with Gasteiger partial charge in [0.25, 0.3) is 5.91 Å². The third kappa shape index (κ3) is 4.14. The monoisotopic (exact) mass is 430 g/mol. The van der Waals surface area contributed by atoms with E-state index in [1.807, 2.05) is 12.1 Å². The third-order valence-electron chi connectivity index (χ3n) is 2.85. The molecule has 1 heterocycles. The summed E-state index contributed by atoms with van der Waals surface area (Å²) in [7, 11) is 0. The number of carbonyl (C=O) groups excluding carboxylic acids is 1. The Morgan fingerprint density at radius 2 is 1.96 bits per heavy atom. The molecule has 0 aliphatic carbocycles. The molecule has 2 aromatic carbocycles. The van der Waals surface area contributed by atoms with E-state index >= 15 is 0 Å². The number of fused-ring (bicyclic) bond motifs is 1. The molecule has 3 rings (SSSR count). The van der Waals surface area contributed by atoms with Crippen LogP contribution in [0.1, 0.15) is 0 Å². The number of rotatable bonds is 4. The zero-order valence-corrected chi connectivity index (χ0v) is 15.4. The van der Waals surface area contributed by atoms with Crippen LogP contribution in [0.4, 0.5) is 5.13 Å². The summed E-state index contributed by atoms with van der Waals surface area (Å²) in [4.78, 5) is 16.3. The predicted molar refractivity (Wildman–Crippen MR) is 97.9 cm³/mol. The molecule has 118 valence electrons. The van der Waals surface area contributed by atoms with Crippen LogP contribution in [0.25, 0.3) is 10.2 Å². The molecule has 0 saturated carbocycles. The Morgan fingerprint density at radius 1 is 1.22 bits per heavy atom. The van der Waals surface area contributed by atoms with Gasteiger partial charge in [-0.25, -0.2) is 4.98 Å². The van der Waals surface area contributed by atoms with Gasteiger partial charge in [-0.1, -0.05) is 34.5 Å². The van der Waals surface area contributed by atoms with E-state index in [1.54, 1.807) is 24.3 Å². The molecule has 0 spiro atoms. The molecule has 0 saturated heterocycles. The summed E-state index contributed by atoms with van der Waals surface area (Å²) in [5.74, 6) is 0.248. The fourth-order valence-corrected chi connectivity index (χ4v) is 3.80. The van der Waals surface area contributed by atoms with Crippen molar-refractivity contribution in [3.8, 4) is 5.75 Å². The van der Waals surface area contributed by atoms with Crippen molar-refractivity contribution in [3.05, 3.63) is 50.9 Å². The second-order valence-corrected chi connectivity index (χ2v) is 7.30. The standard InChI is InChI=1S/C15H9BrCl2N2O2S/c16-10-5-8(17)2-4-12(10)22-7-14(21)20-15-19-11-3-1-9(18)6-13(11)23-15/h1-6H,7H2,(H,19,20,21). The van der Waals surface area contributed by atoms with Crippen molar-refractivity contribution in [2.45, 2.75) is 0 Å². The maximum Gasteiger partial charge on any atom is 0.264 e. The Hall–Kier alpha value is -1.34. The Kier molecular flexibility index (Phi) is 5.06. The molecule has 0 fully saturated rings. The molecular weight excluding hydrogens is 423 g/mol. The topological polar surface area (TPSA) is 51.2 Å². The second kappa shape index (κ2) is 7.05. The first-order valence-corrected chi connectivity index (χ1v) is 8.81. The van der Waals surface area contributed by atoms with Crippen LogP contribution in [0.5, 0.6) is 5.75 Å². The van der Waals surface area contributed by atoms with E-state index in [0.717, 1.165) is 10.2 Å². The Morgan fingerprint density at radius 3 is 2.74 bits per heavy atom. The molecule has 0 unspecified atom stereocenters. The average Bonchev–Trinajstić information content (AvgIpc) is 2.87. The first-order valence-electron chi connectivity index (χ1n) is 6.45. The highest BCUT2D eigenvalue weighted by molar-refractivity contribution is 9.10. The molecule has 1 N–H and O–H groups in total. The lowest BCUT2D eigenvalue weighted by molar-refractivity contribution is -0.118. The van der Waals surface area contributed by atoms with E-state index in [-0.39, 0.29) is 12.5 Å². The summed E-state index contributed by atoms with van der Waals surface area (Å²) in [6, 6.07) is 10.5. The number of nitrogens with zero attached hydrogens (tertiary/aromatic N) is 1. The number of anilines is 1. The molecular formula is C15H9BrCl2N2O2S. The maximum absolute atomic E-state index is 12.0. The van der Waals surface area contributed by atoms with Crippen molar-refractivity contribution < 1.29 is 9.53 Å². The van der Waals surface area contributed by atoms with Gasteiger partial charge < -0.3 is 4.74 Å². The number of amides is 1. The molecule has 1 amide bonds. The minimum Gasteiger partial charge on any atom is -0.483 e. The van der Waals surface area contributed by atoms with Crippen LogP contribution in [0.3, 0.4) is 0 Å². The highest BCUT2D eigenvalue weighted by atomic mass is 79.9. The maximum atomic E-state index is 12.0. The number of hydrogen-bond acceptors (Lipinski definition) is 4. The Bertz CT molecular complexity index is 885. The summed E-state index contributed by atoms with van der Waals surface area (Å²) in [5.41, 5.74) is 0.788. The molecule has 0 bridgehead atoms. The summed E-state index contributed by atoms with van der Waals surface area (Å²) in [6.07, 6.45) is 0. The van der Waals surface area contributed by atoms with Crippen LogP contribution in [-0.2, 0) is 4.79 Å². The van der Waals surface area contributed by atoms with Gasteiger partial charge in [0, 0.05) is 10.0 Å². The molecule has 0 aliphatic heterocycles. The van der Waals surface area contributed by atoms with Crippen LogP contribution in [0.15, 0.2) is 40.9 Å². The van der Waals surface area contributed by atoms with Gasteiger partial charge in [-0.05, 0) is 52.3 Å². The Balaban J connectivity index is 1.64. The largest absolute Gasteiger partial charge is 0.483 e. The van der Waals surface area contributed by atoms with Crippen LogP contribution in [0.2, 0.25) is 10.0 Å². The van der Waals surface area contributed by atoms with Crippen molar-refractivity contribution >= 4 is 71.7 Å². The minimum absolute atomic E-state index is 0.128. The van der Waals surface area contributed by atoms with Crippen LogP contribution >= 0.6 is 50.5 Å². The van der Waals surface area contributed by atoms with Gasteiger partial charge in [0.2, 0.25) is 0 Å². The van der Waals surface area contributed by atoms with Crippen molar-refractivity contribution in [2.24, 2.45) is 0 Å². The number of hydrogen-bond donors (Lipinski definition) is 1. The van der Waals surface area contributed by atoms with Gasteiger partial charge in [0.15, 0.2) is 11.7 Å². The predicted octanol–water partition coefficient (Wildman–Crippen LogP) is 5.38. The lowest BCUT2D eigenvalue weighted by atomic mass is 10.3. The summed E-state index contributed by atoms with van der Waals surface area (Å²) >= 11 is 16.5. The molecule has 23 heavy (non-hydrogen) atoms. The van der Waals surface area contributed by atoms with Crippen molar-refractivity contribution in [1.82, 2.24) is 4.98 Å². The van der Waals surface area contributed by atoms with E-state index in [1.165, 1.54) is 11.3 Å². The summed E-state index contributed by atoms with van der Waals surface area (Å²) < 4.78 is 7.06. The van der Waals surface area contributed by atoms with Gasteiger partial charge in [0.1, 0.15) is 5.75 Å². The number of halogens is 3. The van der Waals surface area contributed by atoms with Gasteiger partial charge >= 0.3 is 0 Å². The fraction of sp³-hybridized carbons (Fsp3) is 0.0667. The van der Waals surface area contributed by atoms with Crippen molar-refractivity contribution in [2.75, 3.05) is 11.9 Å². The van der Waals surface area contributed by atoms with E-state index in [2.05, 4.69) is 26.2 Å². The van der Waals surface area contributed by atoms with Gasteiger partial charge in [-0.15, -0.1) is 0 Å². The fourth-order valence-electron chi connectivity index (χ4n) is 1.84. The van der Waals surface area contributed by atoms with Crippen LogP contribution < -0.4 is 10.1 Å². The molecule has 1 aromatic heterocycles. The normalized spacial score (nSPS) is 10.7. The van der Waals surface area contributed by atoms with E-state index in [0.29, 0.717) is 25.4 Å². The van der Waals surface area contributed by atoms with Gasteiger partial charge in [-0.2, -0.15) is 0 Å². The number of carbonyl (C=O) groups is 1. The molecule has 0 atom stereocenters. The molecule has 4 nitrogen and oxygen atoms in total. The molecule has 0 aliphatic rings. The second-order valence-electron chi connectivity index (χ2n) is 4.54. The minimum atomic E-state index is -0.294. The smallest absolute Gasteiger partial charge is 0.264 e. The average molecular weight is 432 g/mol. The SMILES string of the molecule is O=C(COc1ccc(Cl)cc1Br)Nc1nc2ccc(Cl)cc2s1. The first-order chi connectivity index (χ1) is 11.0. The number of nitrogens with one attached hydrogen (secondary N) is 1. The third-order valence-corrected chi connectivity index (χ3v) is 4.87. The van der Waals surface area contributed by atoms with Crippen LogP contribution in [-0.4, -0.2) is 17.5 Å². The quantitative estimate of drug-likeness (QED) is 0.602. The lowest BCUT2D eigenvalue weighted by Gasteiger charge is -2.07. The molecule has 3 aromatic rings. The highest BCUT2D eigenvalue weighted by Crippen LogP contribution is 2.29. The summed E-state index contributed by atoms with van der Waals surface area (Å²) in [5, 5.41) is 4.44.